The Bertz CT molecular complexity index is 579. The molecule has 1 fully saturated rings. The maximum absolute atomic E-state index is 12.2. The molecule has 0 spiro atoms. The highest BCUT2D eigenvalue weighted by molar-refractivity contribution is 5.93. The van der Waals surface area contributed by atoms with Gasteiger partial charge in [0.25, 0.3) is 0 Å². The maximum atomic E-state index is 12.2. The third-order valence-electron chi connectivity index (χ3n) is 4.39. The molecule has 1 saturated heterocycles. The van der Waals surface area contributed by atoms with Crippen LogP contribution in [0.15, 0.2) is 30.3 Å². The standard InChI is InChI=1S/C17H21NO3/c1-3-17(16(20)21)10-11-18(12-17)15(19)9-8-14-7-5-4-6-13(14)2/h4-9H,3,10-12H2,1-2H3,(H,20,21). The van der Waals surface area contributed by atoms with Gasteiger partial charge in [-0.2, -0.15) is 0 Å². The molecule has 0 saturated carbocycles. The smallest absolute Gasteiger partial charge is 0.311 e. The van der Waals surface area contributed by atoms with E-state index in [1.165, 1.54) is 6.08 Å². The normalized spacial score (nSPS) is 21.9. The SMILES string of the molecule is CCC1(C(=O)O)CCN(C(=O)C=Cc2ccccc2C)C1. The number of aliphatic carboxylic acids is 1. The van der Waals surface area contributed by atoms with Crippen LogP contribution in [0.4, 0.5) is 0 Å². The zero-order chi connectivity index (χ0) is 15.5. The summed E-state index contributed by atoms with van der Waals surface area (Å²) in [5, 5.41) is 9.35. The van der Waals surface area contributed by atoms with Gasteiger partial charge in [-0.1, -0.05) is 31.2 Å². The molecule has 112 valence electrons. The topological polar surface area (TPSA) is 57.6 Å². The van der Waals surface area contributed by atoms with Gasteiger partial charge < -0.3 is 10.0 Å². The van der Waals surface area contributed by atoms with Crippen LogP contribution in [0.5, 0.6) is 0 Å². The molecule has 1 aromatic carbocycles. The summed E-state index contributed by atoms with van der Waals surface area (Å²) in [5.74, 6) is -0.919. The summed E-state index contributed by atoms with van der Waals surface area (Å²) in [5.41, 5.74) is 1.34. The van der Waals surface area contributed by atoms with Crippen LogP contribution in [0.1, 0.15) is 30.9 Å². The van der Waals surface area contributed by atoms with E-state index in [1.54, 1.807) is 11.0 Å². The summed E-state index contributed by atoms with van der Waals surface area (Å²) >= 11 is 0. The van der Waals surface area contributed by atoms with Gasteiger partial charge in [0.15, 0.2) is 0 Å². The lowest BCUT2D eigenvalue weighted by Gasteiger charge is -2.22. The quantitative estimate of drug-likeness (QED) is 0.866. The van der Waals surface area contributed by atoms with Crippen LogP contribution in [0, 0.1) is 12.3 Å². The molecule has 21 heavy (non-hydrogen) atoms. The number of nitrogens with zero attached hydrogens (tertiary/aromatic N) is 1. The van der Waals surface area contributed by atoms with Gasteiger partial charge in [0.1, 0.15) is 0 Å². The first-order valence-corrected chi connectivity index (χ1v) is 7.24. The van der Waals surface area contributed by atoms with Crippen LogP contribution < -0.4 is 0 Å². The summed E-state index contributed by atoms with van der Waals surface area (Å²) in [6, 6.07) is 7.83. The van der Waals surface area contributed by atoms with E-state index >= 15 is 0 Å². The molecule has 0 radical (unpaired) electrons. The molecule has 4 heteroatoms. The molecule has 4 nitrogen and oxygen atoms in total. The van der Waals surface area contributed by atoms with Crippen molar-refractivity contribution in [1.82, 2.24) is 4.90 Å². The van der Waals surface area contributed by atoms with Crippen LogP contribution in [0.25, 0.3) is 6.08 Å². The van der Waals surface area contributed by atoms with Crippen LogP contribution in [-0.4, -0.2) is 35.0 Å². The van der Waals surface area contributed by atoms with Gasteiger partial charge >= 0.3 is 5.97 Å². The number of carboxylic acids is 1. The Kier molecular flexibility index (Phi) is 4.46. The molecule has 1 atom stereocenters. The number of carboxylic acid groups (broad SMARTS) is 1. The predicted molar refractivity (Wildman–Crippen MR) is 81.8 cm³/mol. The lowest BCUT2D eigenvalue weighted by Crippen LogP contribution is -2.35. The largest absolute Gasteiger partial charge is 0.481 e. The van der Waals surface area contributed by atoms with Crippen molar-refractivity contribution in [2.75, 3.05) is 13.1 Å². The third-order valence-corrected chi connectivity index (χ3v) is 4.39. The maximum Gasteiger partial charge on any atom is 0.311 e. The summed E-state index contributed by atoms with van der Waals surface area (Å²) < 4.78 is 0. The van der Waals surface area contributed by atoms with E-state index in [4.69, 9.17) is 0 Å². The second kappa shape index (κ2) is 6.12. The van der Waals surface area contributed by atoms with Gasteiger partial charge in [0.05, 0.1) is 5.41 Å². The van der Waals surface area contributed by atoms with Crippen molar-refractivity contribution in [3.63, 3.8) is 0 Å². The van der Waals surface area contributed by atoms with Crippen LogP contribution in [-0.2, 0) is 9.59 Å². The Morgan fingerprint density at radius 2 is 2.10 bits per heavy atom. The zero-order valence-electron chi connectivity index (χ0n) is 12.5. The summed E-state index contributed by atoms with van der Waals surface area (Å²) in [6.07, 6.45) is 4.41. The Hall–Kier alpha value is -2.10. The minimum Gasteiger partial charge on any atom is -0.481 e. The van der Waals surface area contributed by atoms with E-state index in [1.807, 2.05) is 38.1 Å². The number of amides is 1. The highest BCUT2D eigenvalue weighted by Gasteiger charge is 2.44. The number of carbonyl (C=O) groups excluding carboxylic acids is 1. The lowest BCUT2D eigenvalue weighted by molar-refractivity contribution is -0.148. The fourth-order valence-electron chi connectivity index (χ4n) is 2.72. The summed E-state index contributed by atoms with van der Waals surface area (Å²) in [6.45, 7) is 4.67. The van der Waals surface area contributed by atoms with E-state index in [0.717, 1.165) is 11.1 Å². The van der Waals surface area contributed by atoms with Gasteiger partial charge in [-0.3, -0.25) is 9.59 Å². The van der Waals surface area contributed by atoms with Crippen molar-refractivity contribution < 1.29 is 14.7 Å². The molecule has 1 amide bonds. The van der Waals surface area contributed by atoms with Crippen LogP contribution >= 0.6 is 0 Å². The van der Waals surface area contributed by atoms with E-state index in [-0.39, 0.29) is 5.91 Å². The van der Waals surface area contributed by atoms with Crippen molar-refractivity contribution in [3.8, 4) is 0 Å². The van der Waals surface area contributed by atoms with Crippen molar-refractivity contribution in [2.45, 2.75) is 26.7 Å². The predicted octanol–water partition coefficient (Wildman–Crippen LogP) is 2.72. The number of rotatable bonds is 4. The molecule has 1 aliphatic rings. The van der Waals surface area contributed by atoms with Crippen LogP contribution in [0.2, 0.25) is 0 Å². The average molecular weight is 287 g/mol. The van der Waals surface area contributed by atoms with Gasteiger partial charge in [-0.05, 0) is 37.0 Å². The zero-order valence-corrected chi connectivity index (χ0v) is 12.5. The molecular weight excluding hydrogens is 266 g/mol. The van der Waals surface area contributed by atoms with Crippen molar-refractivity contribution in [1.29, 1.82) is 0 Å². The van der Waals surface area contributed by atoms with Crippen molar-refractivity contribution >= 4 is 18.0 Å². The van der Waals surface area contributed by atoms with E-state index in [9.17, 15) is 14.7 Å². The van der Waals surface area contributed by atoms with E-state index < -0.39 is 11.4 Å². The first-order chi connectivity index (χ1) is 9.98. The minimum absolute atomic E-state index is 0.116. The van der Waals surface area contributed by atoms with Gasteiger partial charge in [0.2, 0.25) is 5.91 Å². The van der Waals surface area contributed by atoms with Gasteiger partial charge in [0, 0.05) is 19.2 Å². The molecule has 0 aliphatic carbocycles. The Morgan fingerprint density at radius 1 is 1.38 bits per heavy atom. The minimum atomic E-state index is -0.803. The molecule has 0 aromatic heterocycles. The number of benzene rings is 1. The third kappa shape index (κ3) is 3.15. The van der Waals surface area contributed by atoms with Gasteiger partial charge in [-0.15, -0.1) is 0 Å². The first kappa shape index (κ1) is 15.3. The molecule has 1 heterocycles. The number of likely N-dealkylation sites (tertiary alicyclic amines) is 1. The molecule has 1 N–H and O–H groups in total. The van der Waals surface area contributed by atoms with E-state index in [0.29, 0.717) is 25.9 Å². The molecule has 2 rings (SSSR count). The fourth-order valence-corrected chi connectivity index (χ4v) is 2.72. The van der Waals surface area contributed by atoms with Crippen LogP contribution in [0.3, 0.4) is 0 Å². The highest BCUT2D eigenvalue weighted by Crippen LogP contribution is 2.34. The fraction of sp³-hybridized carbons (Fsp3) is 0.412. The van der Waals surface area contributed by atoms with Gasteiger partial charge in [-0.25, -0.2) is 0 Å². The first-order valence-electron chi connectivity index (χ1n) is 7.24. The van der Waals surface area contributed by atoms with Crippen molar-refractivity contribution in [3.05, 3.63) is 41.5 Å². The molecular formula is C17H21NO3. The van der Waals surface area contributed by atoms with Crippen molar-refractivity contribution in [2.24, 2.45) is 5.41 Å². The second-order valence-corrected chi connectivity index (χ2v) is 5.64. The Morgan fingerprint density at radius 3 is 2.67 bits per heavy atom. The monoisotopic (exact) mass is 287 g/mol. The number of hydrogen-bond donors (Lipinski definition) is 1. The lowest BCUT2D eigenvalue weighted by atomic mass is 9.84. The highest BCUT2D eigenvalue weighted by atomic mass is 16.4. The summed E-state index contributed by atoms with van der Waals surface area (Å²) in [4.78, 5) is 25.2. The average Bonchev–Trinajstić information content (AvgIpc) is 2.92. The number of carbonyl (C=O) groups is 2. The Balaban J connectivity index is 2.06. The molecule has 1 unspecified atom stereocenters. The number of aryl methyl sites for hydroxylation is 1. The summed E-state index contributed by atoms with van der Waals surface area (Å²) in [7, 11) is 0. The van der Waals surface area contributed by atoms with E-state index in [2.05, 4.69) is 0 Å². The number of hydrogen-bond acceptors (Lipinski definition) is 2. The second-order valence-electron chi connectivity index (χ2n) is 5.64. The molecule has 1 aliphatic heterocycles. The Labute approximate surface area is 125 Å². The molecule has 1 aromatic rings. The molecule has 0 bridgehead atoms.